The summed E-state index contributed by atoms with van der Waals surface area (Å²) >= 11 is 0. The molecule has 0 unspecified atom stereocenters. The van der Waals surface area contributed by atoms with Gasteiger partial charge in [-0.2, -0.15) is 0 Å². The molecule has 4 nitrogen and oxygen atoms in total. The standard InChI is InChI=1S/C44H32N2.CH4O2/c1-3-17-37(18-4-1)45(43-23-11-15-35-13-7-9-21-41(35)43)39-29-25-33(26-30-39)34-27-31-40(32-28-34)46(38-19-5-2-6-20-38)44-24-12-16-36-14-8-10-22-42(36)44;1-3-2/h1-32H;2H,1H3. The Morgan fingerprint density at radius 1 is 0.347 bits per heavy atom. The Morgan fingerprint density at radius 3 is 1.04 bits per heavy atom. The van der Waals surface area contributed by atoms with Crippen LogP contribution in [0.2, 0.25) is 0 Å². The smallest absolute Gasteiger partial charge is 0.0710 e. The summed E-state index contributed by atoms with van der Waals surface area (Å²) in [4.78, 5) is 7.94. The van der Waals surface area contributed by atoms with Gasteiger partial charge in [0.2, 0.25) is 0 Å². The van der Waals surface area contributed by atoms with Crippen molar-refractivity contribution in [1.29, 1.82) is 0 Å². The lowest BCUT2D eigenvalue weighted by Crippen LogP contribution is -2.10. The fraction of sp³-hybridized carbons (Fsp3) is 0.0222. The van der Waals surface area contributed by atoms with E-state index in [4.69, 9.17) is 5.26 Å². The van der Waals surface area contributed by atoms with E-state index < -0.39 is 0 Å². The lowest BCUT2D eigenvalue weighted by atomic mass is 10.0. The molecule has 8 aromatic rings. The molecule has 1 N–H and O–H groups in total. The molecule has 0 saturated carbocycles. The molecule has 0 spiro atoms. The van der Waals surface area contributed by atoms with Gasteiger partial charge in [-0.3, -0.25) is 5.26 Å². The molecule has 0 bridgehead atoms. The molecule has 8 rings (SSSR count). The average molecular weight is 637 g/mol. The van der Waals surface area contributed by atoms with Crippen molar-refractivity contribution in [1.82, 2.24) is 0 Å². The third kappa shape index (κ3) is 6.65. The van der Waals surface area contributed by atoms with Crippen LogP contribution in [0.25, 0.3) is 32.7 Å². The van der Waals surface area contributed by atoms with Crippen molar-refractivity contribution in [2.45, 2.75) is 0 Å². The minimum Gasteiger partial charge on any atom is -0.310 e. The van der Waals surface area contributed by atoms with Crippen LogP contribution in [-0.4, -0.2) is 12.4 Å². The van der Waals surface area contributed by atoms with Gasteiger partial charge in [-0.25, -0.2) is 4.89 Å². The van der Waals surface area contributed by atoms with Crippen LogP contribution in [0.4, 0.5) is 34.1 Å². The summed E-state index contributed by atoms with van der Waals surface area (Å²) in [6.07, 6.45) is 0. The summed E-state index contributed by atoms with van der Waals surface area (Å²) in [5.74, 6) is 0. The van der Waals surface area contributed by atoms with E-state index in [1.807, 2.05) is 0 Å². The molecule has 0 amide bonds. The number of hydrogen-bond acceptors (Lipinski definition) is 4. The van der Waals surface area contributed by atoms with E-state index in [0.29, 0.717) is 0 Å². The second kappa shape index (κ2) is 14.7. The highest BCUT2D eigenvalue weighted by molar-refractivity contribution is 6.00. The van der Waals surface area contributed by atoms with Gasteiger partial charge < -0.3 is 9.80 Å². The van der Waals surface area contributed by atoms with Gasteiger partial charge in [-0.15, -0.1) is 0 Å². The van der Waals surface area contributed by atoms with E-state index in [0.717, 1.165) is 34.1 Å². The zero-order valence-electron chi connectivity index (χ0n) is 27.2. The van der Waals surface area contributed by atoms with Crippen molar-refractivity contribution in [3.8, 4) is 11.1 Å². The van der Waals surface area contributed by atoms with Crippen molar-refractivity contribution in [3.05, 3.63) is 194 Å². The maximum atomic E-state index is 7.07. The topological polar surface area (TPSA) is 35.9 Å². The van der Waals surface area contributed by atoms with Crippen LogP contribution in [0.5, 0.6) is 0 Å². The zero-order valence-corrected chi connectivity index (χ0v) is 27.2. The molecule has 238 valence electrons. The second-order valence-electron chi connectivity index (χ2n) is 11.6. The Kier molecular flexibility index (Phi) is 9.42. The monoisotopic (exact) mass is 636 g/mol. The molecular formula is C45H36N2O2. The first-order chi connectivity index (χ1) is 24.2. The van der Waals surface area contributed by atoms with E-state index in [-0.39, 0.29) is 0 Å². The SMILES string of the molecule is COO.c1ccc(N(c2ccc(-c3ccc(N(c4ccccc4)c4cccc5ccccc45)cc3)cc2)c2cccc3ccccc23)cc1. The largest absolute Gasteiger partial charge is 0.310 e. The summed E-state index contributed by atoms with van der Waals surface area (Å²) in [5.41, 5.74) is 9.18. The lowest BCUT2D eigenvalue weighted by Gasteiger charge is -2.27. The first-order valence-corrected chi connectivity index (χ1v) is 16.3. The van der Waals surface area contributed by atoms with E-state index >= 15 is 0 Å². The number of rotatable bonds is 7. The first kappa shape index (κ1) is 31.4. The number of anilines is 6. The van der Waals surface area contributed by atoms with E-state index in [1.54, 1.807) is 0 Å². The fourth-order valence-corrected chi connectivity index (χ4v) is 6.42. The second-order valence-corrected chi connectivity index (χ2v) is 11.6. The van der Waals surface area contributed by atoms with Crippen molar-refractivity contribution < 1.29 is 10.1 Å². The van der Waals surface area contributed by atoms with E-state index in [9.17, 15) is 0 Å². The quantitative estimate of drug-likeness (QED) is 0.139. The predicted molar refractivity (Wildman–Crippen MR) is 206 cm³/mol. The normalized spacial score (nSPS) is 10.7. The Morgan fingerprint density at radius 2 is 0.653 bits per heavy atom. The van der Waals surface area contributed by atoms with Crippen molar-refractivity contribution in [2.75, 3.05) is 16.9 Å². The number of nitrogens with zero attached hydrogens (tertiary/aromatic N) is 2. The third-order valence-electron chi connectivity index (χ3n) is 8.63. The summed E-state index contributed by atoms with van der Waals surface area (Å²) in [7, 11) is 1.18. The molecule has 49 heavy (non-hydrogen) atoms. The molecule has 0 saturated heterocycles. The molecule has 0 atom stereocenters. The van der Waals surface area contributed by atoms with Crippen LogP contribution in [0.15, 0.2) is 194 Å². The number of benzene rings is 8. The van der Waals surface area contributed by atoms with Crippen LogP contribution in [0, 0.1) is 0 Å². The van der Waals surface area contributed by atoms with Gasteiger partial charge in [0.15, 0.2) is 0 Å². The maximum absolute atomic E-state index is 7.07. The fourth-order valence-electron chi connectivity index (χ4n) is 6.42. The van der Waals surface area contributed by atoms with E-state index in [2.05, 4.69) is 209 Å². The highest BCUT2D eigenvalue weighted by atomic mass is 17.1. The van der Waals surface area contributed by atoms with E-state index in [1.165, 1.54) is 39.8 Å². The average Bonchev–Trinajstić information content (AvgIpc) is 3.17. The van der Waals surface area contributed by atoms with Gasteiger partial charge >= 0.3 is 0 Å². The molecule has 4 heteroatoms. The van der Waals surface area contributed by atoms with Gasteiger partial charge in [0.25, 0.3) is 0 Å². The molecule has 0 aliphatic carbocycles. The van der Waals surface area contributed by atoms with Gasteiger partial charge in [0.05, 0.1) is 18.5 Å². The summed E-state index contributed by atoms with van der Waals surface area (Å²) in [6, 6.07) is 69.2. The highest BCUT2D eigenvalue weighted by Gasteiger charge is 2.17. The van der Waals surface area contributed by atoms with Crippen LogP contribution >= 0.6 is 0 Å². The number of fused-ring (bicyclic) bond motifs is 2. The Bertz CT molecular complexity index is 2100. The summed E-state index contributed by atoms with van der Waals surface area (Å²) < 4.78 is 0. The lowest BCUT2D eigenvalue weighted by molar-refractivity contribution is -0.214. The number of hydrogen-bond donors (Lipinski definition) is 1. The van der Waals surface area contributed by atoms with Crippen LogP contribution in [-0.2, 0) is 4.89 Å². The van der Waals surface area contributed by atoms with Crippen molar-refractivity contribution >= 4 is 55.7 Å². The molecule has 0 fully saturated rings. The molecule has 0 radical (unpaired) electrons. The minimum atomic E-state index is 1.12. The van der Waals surface area contributed by atoms with Crippen LogP contribution in [0.1, 0.15) is 0 Å². The molecule has 8 aromatic carbocycles. The Balaban J connectivity index is 0.00000122. The number of para-hydroxylation sites is 2. The van der Waals surface area contributed by atoms with Crippen molar-refractivity contribution in [3.63, 3.8) is 0 Å². The van der Waals surface area contributed by atoms with Crippen LogP contribution < -0.4 is 9.80 Å². The van der Waals surface area contributed by atoms with Gasteiger partial charge in [-0.1, -0.05) is 133 Å². The molecule has 0 aromatic heterocycles. The summed E-state index contributed by atoms with van der Waals surface area (Å²) in [5, 5.41) is 12.0. The van der Waals surface area contributed by atoms with Gasteiger partial charge in [0, 0.05) is 33.5 Å². The van der Waals surface area contributed by atoms with Crippen molar-refractivity contribution in [2.24, 2.45) is 0 Å². The summed E-state index contributed by atoms with van der Waals surface area (Å²) in [6.45, 7) is 0. The Hall–Kier alpha value is -6.20. The zero-order chi connectivity index (χ0) is 33.4. The molecule has 0 aliphatic heterocycles. The molecule has 0 heterocycles. The Labute approximate surface area is 287 Å². The highest BCUT2D eigenvalue weighted by Crippen LogP contribution is 2.41. The third-order valence-corrected chi connectivity index (χ3v) is 8.63. The minimum absolute atomic E-state index is 1.12. The van der Waals surface area contributed by atoms with Gasteiger partial charge in [0.1, 0.15) is 0 Å². The van der Waals surface area contributed by atoms with Gasteiger partial charge in [-0.05, 0) is 82.6 Å². The maximum Gasteiger partial charge on any atom is 0.0710 e. The van der Waals surface area contributed by atoms with Crippen LogP contribution in [0.3, 0.4) is 0 Å². The predicted octanol–water partition coefficient (Wildman–Crippen LogP) is 12.7. The molecular weight excluding hydrogens is 601 g/mol. The first-order valence-electron chi connectivity index (χ1n) is 16.3. The molecule has 0 aliphatic rings.